The number of aliphatic hydroxyl groups is 1. The Labute approximate surface area is 192 Å². The fraction of sp³-hybridized carbons (Fsp3) is 0.375. The Balaban J connectivity index is 2.01. The van der Waals surface area contributed by atoms with Crippen LogP contribution in [0.2, 0.25) is 0 Å². The molecule has 0 aliphatic heterocycles. The summed E-state index contributed by atoms with van der Waals surface area (Å²) in [7, 11) is 3.13. The summed E-state index contributed by atoms with van der Waals surface area (Å²) in [5.41, 5.74) is 1.94. The summed E-state index contributed by atoms with van der Waals surface area (Å²) in [6.07, 6.45) is -0.699. The Morgan fingerprint density at radius 2 is 1.79 bits per heavy atom. The Morgan fingerprint density at radius 1 is 1.06 bits per heavy atom. The number of halogens is 2. The summed E-state index contributed by atoms with van der Waals surface area (Å²) < 4.78 is 45.7. The fourth-order valence-corrected chi connectivity index (χ4v) is 3.44. The van der Waals surface area contributed by atoms with Crippen LogP contribution in [0.25, 0.3) is 5.69 Å². The van der Waals surface area contributed by atoms with E-state index >= 15 is 0 Å². The average Bonchev–Trinajstić information content (AvgIpc) is 3.09. The lowest BCUT2D eigenvalue weighted by Gasteiger charge is -2.25. The number of aliphatic hydroxyl groups excluding tert-OH is 1. The molecule has 3 rings (SSSR count). The van der Waals surface area contributed by atoms with Crippen LogP contribution in [0.4, 0.5) is 8.78 Å². The molecule has 0 aliphatic rings. The normalized spacial score (nSPS) is 12.3. The topological polar surface area (TPSA) is 69.0 Å². The summed E-state index contributed by atoms with van der Waals surface area (Å²) in [6.45, 7) is 3.70. The number of hydrogen-bond acceptors (Lipinski definition) is 6. The highest BCUT2D eigenvalue weighted by atomic mass is 19.1. The van der Waals surface area contributed by atoms with Crippen molar-refractivity contribution in [3.8, 4) is 17.3 Å². The molecule has 0 aliphatic carbocycles. The molecule has 0 radical (unpaired) electrons. The van der Waals surface area contributed by atoms with Crippen molar-refractivity contribution in [2.45, 2.75) is 19.6 Å². The van der Waals surface area contributed by atoms with E-state index in [4.69, 9.17) is 14.2 Å². The maximum absolute atomic E-state index is 14.4. The third-order valence-corrected chi connectivity index (χ3v) is 5.07. The minimum Gasteiger partial charge on any atom is -0.435 e. The second-order valence-corrected chi connectivity index (χ2v) is 7.63. The standard InChI is InChI=1S/C24H29F2N3O4/c1-17-21(15-28(12-13-31-2)14-20(30)16-32-3)24(33-23-7-5-4-6-22(23)26)29(27-17)19-10-8-18(25)9-11-19/h4-11,20,30H,12-16H2,1-3H3. The van der Waals surface area contributed by atoms with Crippen LogP contribution in [0, 0.1) is 18.6 Å². The van der Waals surface area contributed by atoms with Crippen molar-refractivity contribution in [3.63, 3.8) is 0 Å². The summed E-state index contributed by atoms with van der Waals surface area (Å²) >= 11 is 0. The molecule has 0 spiro atoms. The molecule has 1 N–H and O–H groups in total. The van der Waals surface area contributed by atoms with E-state index in [1.165, 1.54) is 36.1 Å². The van der Waals surface area contributed by atoms with E-state index in [1.807, 2.05) is 11.8 Å². The molecule has 9 heteroatoms. The molecule has 1 unspecified atom stereocenters. The largest absolute Gasteiger partial charge is 0.435 e. The van der Waals surface area contributed by atoms with Crippen LogP contribution in [-0.2, 0) is 16.0 Å². The van der Waals surface area contributed by atoms with Crippen LogP contribution in [0.5, 0.6) is 11.6 Å². The van der Waals surface area contributed by atoms with Gasteiger partial charge in [-0.05, 0) is 43.3 Å². The number of nitrogens with zero attached hydrogens (tertiary/aromatic N) is 3. The molecule has 178 valence electrons. The molecule has 33 heavy (non-hydrogen) atoms. The first-order valence-corrected chi connectivity index (χ1v) is 10.6. The molecule has 0 saturated heterocycles. The second kappa shape index (κ2) is 11.9. The van der Waals surface area contributed by atoms with Gasteiger partial charge in [-0.15, -0.1) is 0 Å². The third-order valence-electron chi connectivity index (χ3n) is 5.07. The number of aromatic nitrogens is 2. The maximum atomic E-state index is 14.4. The van der Waals surface area contributed by atoms with Crippen molar-refractivity contribution in [2.24, 2.45) is 0 Å². The Hall–Kier alpha value is -2.85. The zero-order valence-electron chi connectivity index (χ0n) is 19.0. The molecule has 0 saturated carbocycles. The monoisotopic (exact) mass is 461 g/mol. The van der Waals surface area contributed by atoms with Gasteiger partial charge in [-0.2, -0.15) is 5.10 Å². The summed E-state index contributed by atoms with van der Waals surface area (Å²) in [4.78, 5) is 1.99. The van der Waals surface area contributed by atoms with E-state index in [9.17, 15) is 13.9 Å². The third kappa shape index (κ3) is 6.58. The summed E-state index contributed by atoms with van der Waals surface area (Å²) in [5.74, 6) is -0.533. The molecular formula is C24H29F2N3O4. The van der Waals surface area contributed by atoms with Crippen molar-refractivity contribution >= 4 is 0 Å². The van der Waals surface area contributed by atoms with Crippen LogP contribution < -0.4 is 4.74 Å². The highest BCUT2D eigenvalue weighted by molar-refractivity contribution is 5.43. The van der Waals surface area contributed by atoms with Gasteiger partial charge in [0.05, 0.1) is 36.3 Å². The molecule has 0 bridgehead atoms. The molecule has 1 aromatic heterocycles. The number of ether oxygens (including phenoxy) is 3. The SMILES string of the molecule is COCCN(Cc1c(C)nn(-c2ccc(F)cc2)c1Oc1ccccc1F)CC(O)COC. The van der Waals surface area contributed by atoms with Crippen LogP contribution in [-0.4, -0.2) is 66.4 Å². The van der Waals surface area contributed by atoms with Crippen molar-refractivity contribution in [1.29, 1.82) is 0 Å². The van der Waals surface area contributed by atoms with E-state index in [1.54, 1.807) is 31.4 Å². The molecule has 1 atom stereocenters. The van der Waals surface area contributed by atoms with Gasteiger partial charge >= 0.3 is 0 Å². The van der Waals surface area contributed by atoms with Gasteiger partial charge in [-0.1, -0.05) is 12.1 Å². The van der Waals surface area contributed by atoms with Gasteiger partial charge in [0.15, 0.2) is 11.6 Å². The first-order chi connectivity index (χ1) is 15.9. The zero-order chi connectivity index (χ0) is 23.8. The predicted molar refractivity (Wildman–Crippen MR) is 120 cm³/mol. The fourth-order valence-electron chi connectivity index (χ4n) is 3.44. The van der Waals surface area contributed by atoms with Gasteiger partial charge in [0, 0.05) is 33.9 Å². The number of rotatable bonds is 12. The number of methoxy groups -OCH3 is 2. The molecule has 2 aromatic carbocycles. The first-order valence-electron chi connectivity index (χ1n) is 10.6. The molecule has 0 amide bonds. The summed E-state index contributed by atoms with van der Waals surface area (Å²) in [6, 6.07) is 11.9. The second-order valence-electron chi connectivity index (χ2n) is 7.63. The molecule has 7 nitrogen and oxygen atoms in total. The van der Waals surface area contributed by atoms with Gasteiger partial charge in [0.1, 0.15) is 5.82 Å². The number of benzene rings is 2. The zero-order valence-corrected chi connectivity index (χ0v) is 19.0. The van der Waals surface area contributed by atoms with E-state index < -0.39 is 11.9 Å². The van der Waals surface area contributed by atoms with Crippen molar-refractivity contribution in [2.75, 3.05) is 40.5 Å². The van der Waals surface area contributed by atoms with Gasteiger partial charge in [0.2, 0.25) is 5.88 Å². The van der Waals surface area contributed by atoms with Gasteiger partial charge in [-0.25, -0.2) is 13.5 Å². The lowest BCUT2D eigenvalue weighted by molar-refractivity contribution is 0.0291. The predicted octanol–water partition coefficient (Wildman–Crippen LogP) is 3.71. The average molecular weight is 462 g/mol. The van der Waals surface area contributed by atoms with E-state index in [-0.39, 0.29) is 18.2 Å². The Bertz CT molecular complexity index is 1030. The quantitative estimate of drug-likeness (QED) is 0.444. The van der Waals surface area contributed by atoms with E-state index in [0.29, 0.717) is 49.1 Å². The van der Waals surface area contributed by atoms with Gasteiger partial charge < -0.3 is 19.3 Å². The van der Waals surface area contributed by atoms with Crippen LogP contribution in [0.15, 0.2) is 48.5 Å². The van der Waals surface area contributed by atoms with Crippen LogP contribution in [0.3, 0.4) is 0 Å². The highest BCUT2D eigenvalue weighted by Crippen LogP contribution is 2.32. The van der Waals surface area contributed by atoms with Crippen LogP contribution >= 0.6 is 0 Å². The van der Waals surface area contributed by atoms with Crippen molar-refractivity contribution in [1.82, 2.24) is 14.7 Å². The van der Waals surface area contributed by atoms with Crippen LogP contribution in [0.1, 0.15) is 11.3 Å². The lowest BCUT2D eigenvalue weighted by Crippen LogP contribution is -2.36. The molecule has 1 heterocycles. The number of aryl methyl sites for hydroxylation is 1. The highest BCUT2D eigenvalue weighted by Gasteiger charge is 2.23. The summed E-state index contributed by atoms with van der Waals surface area (Å²) in [5, 5.41) is 14.9. The smallest absolute Gasteiger partial charge is 0.227 e. The number of hydrogen-bond donors (Lipinski definition) is 1. The Kier molecular flexibility index (Phi) is 8.90. The molecule has 3 aromatic rings. The molecular weight excluding hydrogens is 432 g/mol. The maximum Gasteiger partial charge on any atom is 0.227 e. The van der Waals surface area contributed by atoms with Crippen molar-refractivity contribution < 1.29 is 28.1 Å². The Morgan fingerprint density at radius 3 is 2.45 bits per heavy atom. The van der Waals surface area contributed by atoms with Gasteiger partial charge in [0.25, 0.3) is 0 Å². The first kappa shape index (κ1) is 24.8. The molecule has 0 fully saturated rings. The van der Waals surface area contributed by atoms with E-state index in [0.717, 1.165) is 0 Å². The van der Waals surface area contributed by atoms with E-state index in [2.05, 4.69) is 5.10 Å². The van der Waals surface area contributed by atoms with Gasteiger partial charge in [-0.3, -0.25) is 4.90 Å². The lowest BCUT2D eigenvalue weighted by atomic mass is 10.2. The van der Waals surface area contributed by atoms with Crippen molar-refractivity contribution in [3.05, 3.63) is 71.4 Å². The minimum absolute atomic E-state index is 0.0462. The minimum atomic E-state index is -0.699. The number of para-hydroxylation sites is 1.